The summed E-state index contributed by atoms with van der Waals surface area (Å²) in [7, 11) is 0. The molecule has 1 aromatic carbocycles. The van der Waals surface area contributed by atoms with Gasteiger partial charge in [0.05, 0.1) is 0 Å². The highest BCUT2D eigenvalue weighted by molar-refractivity contribution is 6.29. The zero-order valence-corrected chi connectivity index (χ0v) is 12.3. The molecule has 4 heteroatoms. The molecule has 1 aromatic heterocycles. The summed E-state index contributed by atoms with van der Waals surface area (Å²) in [6.07, 6.45) is 5.34. The molecule has 104 valence electrons. The van der Waals surface area contributed by atoms with Crippen molar-refractivity contribution < 1.29 is 4.74 Å². The van der Waals surface area contributed by atoms with E-state index < -0.39 is 0 Å². The lowest BCUT2D eigenvalue weighted by Gasteiger charge is -2.08. The number of halogens is 1. The number of benzene rings is 1. The van der Waals surface area contributed by atoms with Gasteiger partial charge in [0.15, 0.2) is 0 Å². The van der Waals surface area contributed by atoms with E-state index in [1.54, 1.807) is 6.07 Å². The summed E-state index contributed by atoms with van der Waals surface area (Å²) >= 11 is 6.01. The second-order valence-corrected chi connectivity index (χ2v) is 5.47. The molecule has 0 radical (unpaired) electrons. The van der Waals surface area contributed by atoms with Crippen molar-refractivity contribution >= 4 is 11.6 Å². The van der Waals surface area contributed by atoms with Gasteiger partial charge in [-0.05, 0) is 48.9 Å². The molecule has 3 nitrogen and oxygen atoms in total. The van der Waals surface area contributed by atoms with Gasteiger partial charge < -0.3 is 4.74 Å². The summed E-state index contributed by atoms with van der Waals surface area (Å²) in [6, 6.07) is 7.92. The number of aromatic nitrogens is 2. The van der Waals surface area contributed by atoms with Crippen molar-refractivity contribution in [1.82, 2.24) is 9.97 Å². The van der Waals surface area contributed by atoms with E-state index in [2.05, 4.69) is 29.0 Å². The van der Waals surface area contributed by atoms with E-state index in [0.29, 0.717) is 11.0 Å². The Labute approximate surface area is 124 Å². The maximum atomic E-state index is 6.01. The molecule has 0 fully saturated rings. The molecule has 0 bridgehead atoms. The first kappa shape index (κ1) is 13.4. The van der Waals surface area contributed by atoms with Crippen molar-refractivity contribution in [2.24, 2.45) is 0 Å². The minimum atomic E-state index is 0.430. The lowest BCUT2D eigenvalue weighted by Crippen LogP contribution is -1.98. The van der Waals surface area contributed by atoms with E-state index in [4.69, 9.17) is 16.3 Å². The monoisotopic (exact) mass is 288 g/mol. The van der Waals surface area contributed by atoms with Crippen molar-refractivity contribution in [2.75, 3.05) is 0 Å². The van der Waals surface area contributed by atoms with Crippen molar-refractivity contribution in [3.8, 4) is 11.6 Å². The maximum absolute atomic E-state index is 6.01. The Bertz CT molecular complexity index is 628. The van der Waals surface area contributed by atoms with Crippen LogP contribution in [0.5, 0.6) is 11.6 Å². The molecule has 1 aliphatic carbocycles. The van der Waals surface area contributed by atoms with Gasteiger partial charge in [0, 0.05) is 12.5 Å². The van der Waals surface area contributed by atoms with Crippen LogP contribution < -0.4 is 4.74 Å². The van der Waals surface area contributed by atoms with E-state index in [9.17, 15) is 0 Å². The molecule has 0 spiro atoms. The van der Waals surface area contributed by atoms with Gasteiger partial charge in [-0.3, -0.25) is 0 Å². The third kappa shape index (κ3) is 2.93. The number of nitrogens with zero attached hydrogens (tertiary/aromatic N) is 2. The maximum Gasteiger partial charge on any atom is 0.224 e. The van der Waals surface area contributed by atoms with E-state index in [1.807, 2.05) is 6.07 Å². The minimum Gasteiger partial charge on any atom is -0.439 e. The molecule has 1 aliphatic rings. The lowest BCUT2D eigenvalue weighted by atomic mass is 10.1. The number of ether oxygens (including phenoxy) is 1. The molecule has 20 heavy (non-hydrogen) atoms. The summed E-state index contributed by atoms with van der Waals surface area (Å²) in [5.41, 5.74) is 2.82. The standard InChI is InChI=1S/C16H17ClN2O/c1-2-4-15-18-14(17)10-16(19-15)20-13-8-7-11-5-3-6-12(11)9-13/h7-10H,2-6H2,1H3. The highest BCUT2D eigenvalue weighted by Crippen LogP contribution is 2.29. The van der Waals surface area contributed by atoms with Crippen LogP contribution in [0.3, 0.4) is 0 Å². The van der Waals surface area contributed by atoms with Crippen LogP contribution in [0, 0.1) is 0 Å². The summed E-state index contributed by atoms with van der Waals surface area (Å²) in [5, 5.41) is 0.430. The molecular formula is C16H17ClN2O. The van der Waals surface area contributed by atoms with Crippen LogP contribution in [-0.2, 0) is 19.3 Å². The number of hydrogen-bond donors (Lipinski definition) is 0. The molecule has 0 aliphatic heterocycles. The van der Waals surface area contributed by atoms with Crippen LogP contribution in [0.1, 0.15) is 36.7 Å². The highest BCUT2D eigenvalue weighted by Gasteiger charge is 2.12. The Hall–Kier alpha value is -1.61. The number of hydrogen-bond acceptors (Lipinski definition) is 3. The predicted molar refractivity (Wildman–Crippen MR) is 79.6 cm³/mol. The number of rotatable bonds is 4. The second kappa shape index (κ2) is 5.80. The van der Waals surface area contributed by atoms with Gasteiger partial charge in [0.25, 0.3) is 0 Å². The Morgan fingerprint density at radius 2 is 2.00 bits per heavy atom. The van der Waals surface area contributed by atoms with Crippen LogP contribution in [-0.4, -0.2) is 9.97 Å². The molecule has 0 atom stereocenters. The fourth-order valence-electron chi connectivity index (χ4n) is 2.56. The molecule has 0 saturated heterocycles. The average Bonchev–Trinajstić information content (AvgIpc) is 2.85. The molecule has 0 N–H and O–H groups in total. The zero-order chi connectivity index (χ0) is 13.9. The SMILES string of the molecule is CCCc1nc(Cl)cc(Oc2ccc3c(c2)CCC3)n1. The van der Waals surface area contributed by atoms with Crippen molar-refractivity contribution in [1.29, 1.82) is 0 Å². The fraction of sp³-hybridized carbons (Fsp3) is 0.375. The van der Waals surface area contributed by atoms with Crippen LogP contribution in [0.15, 0.2) is 24.3 Å². The smallest absolute Gasteiger partial charge is 0.224 e. The van der Waals surface area contributed by atoms with Crippen LogP contribution >= 0.6 is 11.6 Å². The van der Waals surface area contributed by atoms with Gasteiger partial charge in [0.2, 0.25) is 5.88 Å². The van der Waals surface area contributed by atoms with Crippen LogP contribution in [0.25, 0.3) is 0 Å². The van der Waals surface area contributed by atoms with E-state index >= 15 is 0 Å². The quantitative estimate of drug-likeness (QED) is 0.784. The molecule has 0 amide bonds. The number of fused-ring (bicyclic) bond motifs is 1. The molecule has 3 rings (SSSR count). The molecule has 0 unspecified atom stereocenters. The van der Waals surface area contributed by atoms with Crippen molar-refractivity contribution in [3.63, 3.8) is 0 Å². The largest absolute Gasteiger partial charge is 0.439 e. The van der Waals surface area contributed by atoms with E-state index in [-0.39, 0.29) is 0 Å². The Kier molecular flexibility index (Phi) is 3.88. The highest BCUT2D eigenvalue weighted by atomic mass is 35.5. The Morgan fingerprint density at radius 3 is 2.85 bits per heavy atom. The molecule has 0 saturated carbocycles. The third-order valence-corrected chi connectivity index (χ3v) is 3.68. The van der Waals surface area contributed by atoms with Crippen LogP contribution in [0.4, 0.5) is 0 Å². The van der Waals surface area contributed by atoms with Gasteiger partial charge in [-0.2, -0.15) is 4.98 Å². The first-order valence-corrected chi connectivity index (χ1v) is 7.45. The molecular weight excluding hydrogens is 272 g/mol. The lowest BCUT2D eigenvalue weighted by molar-refractivity contribution is 0.458. The van der Waals surface area contributed by atoms with Crippen LogP contribution in [0.2, 0.25) is 5.15 Å². The molecule has 1 heterocycles. The van der Waals surface area contributed by atoms with E-state index in [1.165, 1.54) is 24.0 Å². The van der Waals surface area contributed by atoms with Gasteiger partial charge in [-0.1, -0.05) is 24.6 Å². The van der Waals surface area contributed by atoms with Gasteiger partial charge in [-0.15, -0.1) is 0 Å². The summed E-state index contributed by atoms with van der Waals surface area (Å²) in [5.74, 6) is 2.07. The summed E-state index contributed by atoms with van der Waals surface area (Å²) in [6.45, 7) is 2.09. The van der Waals surface area contributed by atoms with Gasteiger partial charge >= 0.3 is 0 Å². The van der Waals surface area contributed by atoms with Gasteiger partial charge in [0.1, 0.15) is 16.7 Å². The normalized spacial score (nSPS) is 13.3. The molecule has 2 aromatic rings. The summed E-state index contributed by atoms with van der Waals surface area (Å²) < 4.78 is 5.84. The topological polar surface area (TPSA) is 35.0 Å². The average molecular weight is 289 g/mol. The second-order valence-electron chi connectivity index (χ2n) is 5.08. The Balaban J connectivity index is 1.83. The zero-order valence-electron chi connectivity index (χ0n) is 11.5. The van der Waals surface area contributed by atoms with E-state index in [0.717, 1.165) is 30.8 Å². The summed E-state index contributed by atoms with van der Waals surface area (Å²) in [4.78, 5) is 8.59. The van der Waals surface area contributed by atoms with Crippen molar-refractivity contribution in [2.45, 2.75) is 39.0 Å². The van der Waals surface area contributed by atoms with Crippen molar-refractivity contribution in [3.05, 3.63) is 46.4 Å². The number of aryl methyl sites for hydroxylation is 3. The fourth-order valence-corrected chi connectivity index (χ4v) is 2.75. The third-order valence-electron chi connectivity index (χ3n) is 3.48. The minimum absolute atomic E-state index is 0.430. The first-order valence-electron chi connectivity index (χ1n) is 7.07. The Morgan fingerprint density at radius 1 is 1.15 bits per heavy atom. The predicted octanol–water partition coefficient (Wildman–Crippen LogP) is 4.36. The van der Waals surface area contributed by atoms with Gasteiger partial charge in [-0.25, -0.2) is 4.98 Å². The first-order chi connectivity index (χ1) is 9.74.